The van der Waals surface area contributed by atoms with Crippen LogP contribution in [0.2, 0.25) is 0 Å². The molecule has 0 aliphatic heterocycles. The molecule has 0 saturated heterocycles. The molecule has 1 heterocycles. The molecule has 5 heteroatoms. The van der Waals surface area contributed by atoms with Crippen molar-refractivity contribution in [3.8, 4) is 0 Å². The Hall–Kier alpha value is -1.49. The third kappa shape index (κ3) is 6.52. The molecule has 0 radical (unpaired) electrons. The molecule has 1 fully saturated rings. The Morgan fingerprint density at radius 1 is 1.23 bits per heavy atom. The van der Waals surface area contributed by atoms with E-state index in [9.17, 15) is 0 Å². The quantitative estimate of drug-likeness (QED) is 0.352. The van der Waals surface area contributed by atoms with Crippen LogP contribution < -0.4 is 10.6 Å². The lowest BCUT2D eigenvalue weighted by Gasteiger charge is -2.16. The summed E-state index contributed by atoms with van der Waals surface area (Å²) >= 11 is 0. The topological polar surface area (TPSA) is 58.8 Å². The van der Waals surface area contributed by atoms with Crippen molar-refractivity contribution in [1.82, 2.24) is 10.6 Å². The third-order valence-electron chi connectivity index (χ3n) is 4.02. The maximum absolute atomic E-state index is 5.96. The minimum atomic E-state index is 0.457. The molecule has 0 atom stereocenters. The van der Waals surface area contributed by atoms with Gasteiger partial charge in [-0.15, -0.1) is 0 Å². The summed E-state index contributed by atoms with van der Waals surface area (Å²) in [5.41, 5.74) is 0. The highest BCUT2D eigenvalue weighted by atomic mass is 16.5. The van der Waals surface area contributed by atoms with Gasteiger partial charge < -0.3 is 19.8 Å². The number of nitrogens with zero attached hydrogens (tertiary/aromatic N) is 1. The predicted octanol–water partition coefficient (Wildman–Crippen LogP) is 2.73. The van der Waals surface area contributed by atoms with Crippen LogP contribution in [0, 0.1) is 0 Å². The maximum Gasteiger partial charge on any atom is 0.191 e. The minimum absolute atomic E-state index is 0.457. The van der Waals surface area contributed by atoms with E-state index in [1.165, 1.54) is 38.5 Å². The predicted molar refractivity (Wildman–Crippen MR) is 89.2 cm³/mol. The van der Waals surface area contributed by atoms with E-state index in [2.05, 4.69) is 15.6 Å². The number of aliphatic imine (C=N–C) groups is 1. The van der Waals surface area contributed by atoms with Crippen LogP contribution in [0.4, 0.5) is 0 Å². The summed E-state index contributed by atoms with van der Waals surface area (Å²) in [6.45, 7) is 2.33. The molecular formula is C17H29N3O2. The molecule has 0 spiro atoms. The fourth-order valence-corrected chi connectivity index (χ4v) is 2.78. The van der Waals surface area contributed by atoms with Gasteiger partial charge in [0.2, 0.25) is 0 Å². The molecule has 2 N–H and O–H groups in total. The van der Waals surface area contributed by atoms with Crippen molar-refractivity contribution in [3.05, 3.63) is 24.2 Å². The van der Waals surface area contributed by atoms with Gasteiger partial charge in [0.05, 0.1) is 19.0 Å². The van der Waals surface area contributed by atoms with Crippen molar-refractivity contribution in [2.45, 2.75) is 51.0 Å². The number of guanidine groups is 1. The van der Waals surface area contributed by atoms with Crippen molar-refractivity contribution in [3.63, 3.8) is 0 Å². The van der Waals surface area contributed by atoms with E-state index < -0.39 is 0 Å². The van der Waals surface area contributed by atoms with E-state index in [0.717, 1.165) is 37.8 Å². The summed E-state index contributed by atoms with van der Waals surface area (Å²) in [5.74, 6) is 1.80. The second kappa shape index (κ2) is 10.3. The third-order valence-corrected chi connectivity index (χ3v) is 4.02. The zero-order valence-electron chi connectivity index (χ0n) is 13.6. The summed E-state index contributed by atoms with van der Waals surface area (Å²) < 4.78 is 11.3. The van der Waals surface area contributed by atoms with Crippen LogP contribution in [-0.2, 0) is 11.2 Å². The molecule has 0 bridgehead atoms. The SMILES string of the molecule is CN=C(NCCOC1CCCCCC1)NCCc1ccco1. The van der Waals surface area contributed by atoms with Gasteiger partial charge in [0.25, 0.3) is 0 Å². The monoisotopic (exact) mass is 307 g/mol. The fraction of sp³-hybridized carbons (Fsp3) is 0.706. The highest BCUT2D eigenvalue weighted by Crippen LogP contribution is 2.19. The van der Waals surface area contributed by atoms with Crippen LogP contribution in [0.25, 0.3) is 0 Å². The van der Waals surface area contributed by atoms with Crippen molar-refractivity contribution in [2.24, 2.45) is 4.99 Å². The van der Waals surface area contributed by atoms with E-state index in [0.29, 0.717) is 6.10 Å². The molecule has 1 saturated carbocycles. The number of furan rings is 1. The Kier molecular flexibility index (Phi) is 7.88. The first-order valence-electron chi connectivity index (χ1n) is 8.47. The normalized spacial score (nSPS) is 17.2. The van der Waals surface area contributed by atoms with Gasteiger partial charge in [0.1, 0.15) is 5.76 Å². The van der Waals surface area contributed by atoms with Gasteiger partial charge in [-0.1, -0.05) is 25.7 Å². The van der Waals surface area contributed by atoms with E-state index in [-0.39, 0.29) is 0 Å². The lowest BCUT2D eigenvalue weighted by molar-refractivity contribution is 0.0468. The maximum atomic E-state index is 5.96. The van der Waals surface area contributed by atoms with Gasteiger partial charge >= 0.3 is 0 Å². The Morgan fingerprint density at radius 2 is 2.00 bits per heavy atom. The Morgan fingerprint density at radius 3 is 2.68 bits per heavy atom. The zero-order chi connectivity index (χ0) is 15.5. The first-order valence-corrected chi connectivity index (χ1v) is 8.47. The molecule has 0 unspecified atom stereocenters. The summed E-state index contributed by atoms with van der Waals surface area (Å²) in [7, 11) is 1.79. The average Bonchev–Trinajstić information content (AvgIpc) is 2.92. The molecule has 1 aromatic rings. The van der Waals surface area contributed by atoms with Crippen LogP contribution in [0.3, 0.4) is 0 Å². The summed E-state index contributed by atoms with van der Waals surface area (Å²) in [5, 5.41) is 6.57. The Bertz CT molecular complexity index is 410. The van der Waals surface area contributed by atoms with E-state index in [1.807, 2.05) is 12.1 Å². The van der Waals surface area contributed by atoms with Crippen molar-refractivity contribution >= 4 is 5.96 Å². The number of rotatable bonds is 7. The Balaban J connectivity index is 1.54. The zero-order valence-corrected chi connectivity index (χ0v) is 13.6. The molecule has 0 amide bonds. The molecule has 0 aromatic carbocycles. The van der Waals surface area contributed by atoms with E-state index >= 15 is 0 Å². The largest absolute Gasteiger partial charge is 0.469 e. The van der Waals surface area contributed by atoms with Crippen molar-refractivity contribution in [1.29, 1.82) is 0 Å². The molecule has 22 heavy (non-hydrogen) atoms. The van der Waals surface area contributed by atoms with Gasteiger partial charge in [-0.25, -0.2) is 0 Å². The first kappa shape index (κ1) is 16.9. The van der Waals surface area contributed by atoms with Crippen molar-refractivity contribution < 1.29 is 9.15 Å². The van der Waals surface area contributed by atoms with Crippen LogP contribution >= 0.6 is 0 Å². The van der Waals surface area contributed by atoms with Gasteiger partial charge in [0, 0.05) is 26.6 Å². The smallest absolute Gasteiger partial charge is 0.191 e. The minimum Gasteiger partial charge on any atom is -0.469 e. The highest BCUT2D eigenvalue weighted by Gasteiger charge is 2.12. The Labute approximate surface area is 133 Å². The molecule has 1 aliphatic rings. The number of hydrogen-bond acceptors (Lipinski definition) is 3. The molecule has 124 valence electrons. The number of nitrogens with one attached hydrogen (secondary N) is 2. The summed E-state index contributed by atoms with van der Waals surface area (Å²) in [6, 6.07) is 3.89. The van der Waals surface area contributed by atoms with Crippen LogP contribution in [0.15, 0.2) is 27.8 Å². The van der Waals surface area contributed by atoms with Crippen molar-refractivity contribution in [2.75, 3.05) is 26.7 Å². The van der Waals surface area contributed by atoms with Crippen LogP contribution in [0.5, 0.6) is 0 Å². The van der Waals surface area contributed by atoms with Crippen LogP contribution in [0.1, 0.15) is 44.3 Å². The molecule has 5 nitrogen and oxygen atoms in total. The summed E-state index contributed by atoms with van der Waals surface area (Å²) in [6.07, 6.45) is 10.8. The van der Waals surface area contributed by atoms with Crippen LogP contribution in [-0.4, -0.2) is 38.8 Å². The van der Waals surface area contributed by atoms with Gasteiger partial charge in [0.15, 0.2) is 5.96 Å². The summed E-state index contributed by atoms with van der Waals surface area (Å²) in [4.78, 5) is 4.21. The fourth-order valence-electron chi connectivity index (χ4n) is 2.78. The molecule has 1 aliphatic carbocycles. The second-order valence-electron chi connectivity index (χ2n) is 5.74. The van der Waals surface area contributed by atoms with Gasteiger partial charge in [-0.2, -0.15) is 0 Å². The molecule has 1 aromatic heterocycles. The van der Waals surface area contributed by atoms with Gasteiger partial charge in [-0.3, -0.25) is 4.99 Å². The number of ether oxygens (including phenoxy) is 1. The number of hydrogen-bond donors (Lipinski definition) is 2. The lowest BCUT2D eigenvalue weighted by Crippen LogP contribution is -2.40. The van der Waals surface area contributed by atoms with Gasteiger partial charge in [-0.05, 0) is 25.0 Å². The molecule has 2 rings (SSSR count). The first-order chi connectivity index (χ1) is 10.9. The highest BCUT2D eigenvalue weighted by molar-refractivity contribution is 5.79. The molecular weight excluding hydrogens is 278 g/mol. The average molecular weight is 307 g/mol. The standard InChI is InChI=1S/C17H29N3O2/c1-18-17(19-11-10-16-9-6-13-21-16)20-12-14-22-15-7-4-2-3-5-8-15/h6,9,13,15H,2-5,7-8,10-12,14H2,1H3,(H2,18,19,20). The van der Waals surface area contributed by atoms with E-state index in [4.69, 9.17) is 9.15 Å². The lowest BCUT2D eigenvalue weighted by atomic mass is 10.1. The van der Waals surface area contributed by atoms with E-state index in [1.54, 1.807) is 13.3 Å². The second-order valence-corrected chi connectivity index (χ2v) is 5.74.